The number of benzene rings is 1. The van der Waals surface area contributed by atoms with Crippen LogP contribution in [0, 0.1) is 6.92 Å². The van der Waals surface area contributed by atoms with E-state index in [1.807, 2.05) is 6.92 Å². The van der Waals surface area contributed by atoms with Gasteiger partial charge in [-0.2, -0.15) is 0 Å². The summed E-state index contributed by atoms with van der Waals surface area (Å²) >= 11 is 1.12. The molecule has 3 rings (SSSR count). The minimum absolute atomic E-state index is 0.242. The van der Waals surface area contributed by atoms with Gasteiger partial charge in [0.1, 0.15) is 4.88 Å². The van der Waals surface area contributed by atoms with Gasteiger partial charge in [-0.25, -0.2) is 4.79 Å². The zero-order valence-corrected chi connectivity index (χ0v) is 16.6. The number of esters is 1. The van der Waals surface area contributed by atoms with Crippen molar-refractivity contribution in [1.29, 1.82) is 0 Å². The van der Waals surface area contributed by atoms with Crippen molar-refractivity contribution in [3.05, 3.63) is 51.4 Å². The minimum atomic E-state index is -0.461. The van der Waals surface area contributed by atoms with Crippen LogP contribution in [0.4, 0.5) is 5.00 Å². The van der Waals surface area contributed by atoms with Crippen LogP contribution in [0.5, 0.6) is 0 Å². The molecule has 1 N–H and O–H groups in total. The number of carbonyl (C=O) groups is 4. The number of anilines is 1. The highest BCUT2D eigenvalue weighted by Crippen LogP contribution is 2.29. The first-order chi connectivity index (χ1) is 13.4. The van der Waals surface area contributed by atoms with Crippen molar-refractivity contribution >= 4 is 40.0 Å². The van der Waals surface area contributed by atoms with E-state index >= 15 is 0 Å². The maximum atomic E-state index is 12.6. The van der Waals surface area contributed by atoms with Crippen molar-refractivity contribution in [2.75, 3.05) is 19.0 Å². The van der Waals surface area contributed by atoms with Crippen LogP contribution < -0.4 is 5.32 Å². The molecule has 1 aromatic carbocycles. The standard InChI is InChI=1S/C20H20N2O5S/c1-4-5-8-22-18(24)13-7-6-12(10-14(13)19(22)25)17(23)21-15-9-11(2)16(28-15)20(26)27-3/h6-7,9-10H,4-5,8H2,1-3H3,(H,21,23). The Bertz CT molecular complexity index is 979. The van der Waals surface area contributed by atoms with Gasteiger partial charge in [0.2, 0.25) is 0 Å². The maximum absolute atomic E-state index is 12.6. The Morgan fingerprint density at radius 1 is 1.14 bits per heavy atom. The second-order valence-corrected chi connectivity index (χ2v) is 7.50. The molecule has 0 radical (unpaired) electrons. The highest BCUT2D eigenvalue weighted by molar-refractivity contribution is 7.18. The normalized spacial score (nSPS) is 12.9. The molecule has 0 aliphatic carbocycles. The van der Waals surface area contributed by atoms with Crippen LogP contribution in [0.2, 0.25) is 0 Å². The summed E-state index contributed by atoms with van der Waals surface area (Å²) in [4.78, 5) is 50.8. The number of unbranched alkanes of at least 4 members (excludes halogenated alkanes) is 1. The molecule has 2 heterocycles. The van der Waals surface area contributed by atoms with Gasteiger partial charge in [0.05, 0.1) is 23.2 Å². The zero-order chi connectivity index (χ0) is 20.4. The van der Waals surface area contributed by atoms with Crippen LogP contribution in [0.25, 0.3) is 0 Å². The first kappa shape index (κ1) is 19.8. The number of methoxy groups -OCH3 is 1. The average molecular weight is 400 g/mol. The molecule has 0 bridgehead atoms. The van der Waals surface area contributed by atoms with Gasteiger partial charge < -0.3 is 10.1 Å². The molecule has 1 aromatic heterocycles. The molecule has 8 heteroatoms. The van der Waals surface area contributed by atoms with Crippen molar-refractivity contribution in [3.8, 4) is 0 Å². The number of nitrogens with zero attached hydrogens (tertiary/aromatic N) is 1. The predicted octanol–water partition coefficient (Wildman–Crippen LogP) is 3.49. The monoisotopic (exact) mass is 400 g/mol. The molecule has 7 nitrogen and oxygen atoms in total. The molecule has 1 aliphatic heterocycles. The third kappa shape index (κ3) is 3.55. The molecule has 0 atom stereocenters. The van der Waals surface area contributed by atoms with Gasteiger partial charge in [-0.15, -0.1) is 11.3 Å². The summed E-state index contributed by atoms with van der Waals surface area (Å²) in [7, 11) is 1.30. The largest absolute Gasteiger partial charge is 0.465 e. The molecule has 0 saturated heterocycles. The highest BCUT2D eigenvalue weighted by Gasteiger charge is 2.35. The van der Waals surface area contributed by atoms with Gasteiger partial charge in [0.25, 0.3) is 17.7 Å². The quantitative estimate of drug-likeness (QED) is 0.592. The summed E-state index contributed by atoms with van der Waals surface area (Å²) in [5.41, 5.74) is 1.53. The number of rotatable bonds is 6. The van der Waals surface area contributed by atoms with Gasteiger partial charge in [-0.1, -0.05) is 13.3 Å². The van der Waals surface area contributed by atoms with Crippen molar-refractivity contribution in [2.45, 2.75) is 26.7 Å². The Hall–Kier alpha value is -3.00. The topological polar surface area (TPSA) is 92.8 Å². The third-order valence-electron chi connectivity index (χ3n) is 4.49. The predicted molar refractivity (Wildman–Crippen MR) is 105 cm³/mol. The van der Waals surface area contributed by atoms with Crippen LogP contribution in [0.1, 0.15) is 66.1 Å². The number of nitrogens with one attached hydrogen (secondary N) is 1. The SMILES string of the molecule is CCCCN1C(=O)c2ccc(C(=O)Nc3cc(C)c(C(=O)OC)s3)cc2C1=O. The molecular formula is C20H20N2O5S. The summed E-state index contributed by atoms with van der Waals surface area (Å²) in [5.74, 6) is -1.58. The first-order valence-electron chi connectivity index (χ1n) is 8.87. The Labute approximate surface area is 166 Å². The van der Waals surface area contributed by atoms with E-state index in [0.29, 0.717) is 27.5 Å². The minimum Gasteiger partial charge on any atom is -0.465 e. The van der Waals surface area contributed by atoms with E-state index in [1.54, 1.807) is 13.0 Å². The molecule has 0 saturated carbocycles. The van der Waals surface area contributed by atoms with E-state index in [1.165, 1.54) is 30.2 Å². The number of hydrogen-bond donors (Lipinski definition) is 1. The van der Waals surface area contributed by atoms with Crippen LogP contribution in [-0.2, 0) is 4.74 Å². The molecule has 0 fully saturated rings. The molecule has 1 aliphatic rings. The van der Waals surface area contributed by atoms with E-state index in [4.69, 9.17) is 4.74 Å². The van der Waals surface area contributed by atoms with E-state index in [9.17, 15) is 19.2 Å². The number of imide groups is 1. The number of fused-ring (bicyclic) bond motifs is 1. The van der Waals surface area contributed by atoms with Crippen molar-refractivity contribution in [3.63, 3.8) is 0 Å². The number of ether oxygens (including phenoxy) is 1. The Kier molecular flexibility index (Phi) is 5.60. The number of thiophene rings is 1. The second kappa shape index (κ2) is 7.93. The van der Waals surface area contributed by atoms with Gasteiger partial charge in [-0.3, -0.25) is 19.3 Å². The Balaban J connectivity index is 1.80. The lowest BCUT2D eigenvalue weighted by Gasteiger charge is -2.12. The fourth-order valence-electron chi connectivity index (χ4n) is 2.97. The Morgan fingerprint density at radius 2 is 1.86 bits per heavy atom. The van der Waals surface area contributed by atoms with Crippen LogP contribution >= 0.6 is 11.3 Å². The number of hydrogen-bond acceptors (Lipinski definition) is 6. The summed E-state index contributed by atoms with van der Waals surface area (Å²) in [6.45, 7) is 4.11. The summed E-state index contributed by atoms with van der Waals surface area (Å²) in [6, 6.07) is 6.15. The van der Waals surface area contributed by atoms with Crippen LogP contribution in [0.3, 0.4) is 0 Å². The number of amides is 3. The van der Waals surface area contributed by atoms with Crippen molar-refractivity contribution < 1.29 is 23.9 Å². The fourth-order valence-corrected chi connectivity index (χ4v) is 3.96. The molecule has 3 amide bonds. The van der Waals surface area contributed by atoms with E-state index < -0.39 is 11.9 Å². The summed E-state index contributed by atoms with van der Waals surface area (Å²) in [5, 5.41) is 3.22. The Morgan fingerprint density at radius 3 is 2.54 bits per heavy atom. The van der Waals surface area contributed by atoms with Gasteiger partial charge in [0.15, 0.2) is 0 Å². The van der Waals surface area contributed by atoms with Gasteiger partial charge >= 0.3 is 5.97 Å². The lowest BCUT2D eigenvalue weighted by molar-refractivity contribution is 0.0602. The lowest BCUT2D eigenvalue weighted by atomic mass is 10.1. The molecule has 0 spiro atoms. The summed E-state index contributed by atoms with van der Waals surface area (Å²) in [6.07, 6.45) is 1.61. The zero-order valence-electron chi connectivity index (χ0n) is 15.8. The lowest BCUT2D eigenvalue weighted by Crippen LogP contribution is -2.30. The molecule has 2 aromatic rings. The van der Waals surface area contributed by atoms with Crippen LogP contribution in [-0.4, -0.2) is 42.2 Å². The number of aryl methyl sites for hydroxylation is 1. The second-order valence-electron chi connectivity index (χ2n) is 6.44. The molecular weight excluding hydrogens is 380 g/mol. The van der Waals surface area contributed by atoms with Crippen molar-refractivity contribution in [2.24, 2.45) is 0 Å². The fraction of sp³-hybridized carbons (Fsp3) is 0.300. The van der Waals surface area contributed by atoms with Crippen molar-refractivity contribution in [1.82, 2.24) is 4.90 Å². The summed E-state index contributed by atoms with van der Waals surface area (Å²) < 4.78 is 4.71. The third-order valence-corrected chi connectivity index (χ3v) is 5.63. The molecule has 146 valence electrons. The van der Waals surface area contributed by atoms with E-state index in [-0.39, 0.29) is 22.9 Å². The van der Waals surface area contributed by atoms with E-state index in [0.717, 1.165) is 24.2 Å². The van der Waals surface area contributed by atoms with Gasteiger partial charge in [-0.05, 0) is 43.2 Å². The average Bonchev–Trinajstić information content (AvgIpc) is 3.16. The smallest absolute Gasteiger partial charge is 0.348 e. The van der Waals surface area contributed by atoms with Gasteiger partial charge in [0, 0.05) is 12.1 Å². The molecule has 0 unspecified atom stereocenters. The highest BCUT2D eigenvalue weighted by atomic mass is 32.1. The van der Waals surface area contributed by atoms with Crippen LogP contribution in [0.15, 0.2) is 24.3 Å². The molecule has 28 heavy (non-hydrogen) atoms. The first-order valence-corrected chi connectivity index (χ1v) is 9.69. The number of carbonyl (C=O) groups excluding carboxylic acids is 4. The van der Waals surface area contributed by atoms with E-state index in [2.05, 4.69) is 5.32 Å². The maximum Gasteiger partial charge on any atom is 0.348 e.